The van der Waals surface area contributed by atoms with E-state index < -0.39 is 17.7 Å². The number of benzene rings is 1. The lowest BCUT2D eigenvalue weighted by Gasteiger charge is -2.34. The van der Waals surface area contributed by atoms with Crippen LogP contribution in [0.3, 0.4) is 0 Å². The lowest BCUT2D eigenvalue weighted by Crippen LogP contribution is -2.45. The molecule has 0 saturated carbocycles. The van der Waals surface area contributed by atoms with Crippen LogP contribution >= 0.6 is 11.6 Å². The number of rotatable bonds is 3. The van der Waals surface area contributed by atoms with Crippen molar-refractivity contribution in [1.29, 1.82) is 5.26 Å². The van der Waals surface area contributed by atoms with Gasteiger partial charge >= 0.3 is 0 Å². The minimum Gasteiger partial charge on any atom is -0.314 e. The first kappa shape index (κ1) is 14.2. The standard InChI is InChI=1S/C13H14ClF2N3/c14-9-7-10(15)13(11(16)8-9)12(1-2-17)19-5-3-18-4-6-19/h7-8,12,18H,1,3-6H2/t12-/m1/s1. The van der Waals surface area contributed by atoms with Crippen molar-refractivity contribution in [3.63, 3.8) is 0 Å². The quantitative estimate of drug-likeness (QED) is 0.927. The highest BCUT2D eigenvalue weighted by Gasteiger charge is 2.27. The highest BCUT2D eigenvalue weighted by atomic mass is 35.5. The summed E-state index contributed by atoms with van der Waals surface area (Å²) >= 11 is 5.62. The van der Waals surface area contributed by atoms with Crippen molar-refractivity contribution in [3.05, 3.63) is 34.4 Å². The summed E-state index contributed by atoms with van der Waals surface area (Å²) in [5.74, 6) is -1.38. The van der Waals surface area contributed by atoms with E-state index in [1.807, 2.05) is 11.0 Å². The molecule has 1 aromatic rings. The van der Waals surface area contributed by atoms with Gasteiger partial charge in [-0.15, -0.1) is 0 Å². The predicted molar refractivity (Wildman–Crippen MR) is 68.8 cm³/mol. The second kappa shape index (κ2) is 6.29. The number of halogens is 3. The van der Waals surface area contributed by atoms with Gasteiger partial charge in [-0.2, -0.15) is 5.26 Å². The third kappa shape index (κ3) is 3.21. The van der Waals surface area contributed by atoms with E-state index in [4.69, 9.17) is 16.9 Å². The zero-order chi connectivity index (χ0) is 13.8. The summed E-state index contributed by atoms with van der Waals surface area (Å²) in [5, 5.41) is 12.1. The van der Waals surface area contributed by atoms with Gasteiger partial charge in [0, 0.05) is 36.8 Å². The molecule has 1 N–H and O–H groups in total. The molecule has 1 aliphatic heterocycles. The Morgan fingerprint density at radius 2 is 1.89 bits per heavy atom. The molecule has 1 heterocycles. The van der Waals surface area contributed by atoms with Gasteiger partial charge in [0.1, 0.15) is 11.6 Å². The van der Waals surface area contributed by atoms with Crippen molar-refractivity contribution < 1.29 is 8.78 Å². The number of nitriles is 1. The summed E-state index contributed by atoms with van der Waals surface area (Å²) < 4.78 is 27.9. The van der Waals surface area contributed by atoms with E-state index >= 15 is 0 Å². The van der Waals surface area contributed by atoms with Gasteiger partial charge in [0.15, 0.2) is 0 Å². The normalized spacial score (nSPS) is 18.0. The van der Waals surface area contributed by atoms with E-state index in [0.29, 0.717) is 13.1 Å². The van der Waals surface area contributed by atoms with Crippen LogP contribution in [0.1, 0.15) is 18.0 Å². The number of piperazine rings is 1. The molecule has 0 aromatic heterocycles. The molecule has 102 valence electrons. The highest BCUT2D eigenvalue weighted by molar-refractivity contribution is 6.30. The third-order valence-electron chi connectivity index (χ3n) is 3.25. The van der Waals surface area contributed by atoms with Gasteiger partial charge in [-0.1, -0.05) is 11.6 Å². The Labute approximate surface area is 115 Å². The molecular formula is C13H14ClF2N3. The molecule has 1 fully saturated rings. The van der Waals surface area contributed by atoms with Crippen LogP contribution in [0.4, 0.5) is 8.78 Å². The lowest BCUT2D eigenvalue weighted by molar-refractivity contribution is 0.169. The Morgan fingerprint density at radius 3 is 2.42 bits per heavy atom. The minimum absolute atomic E-state index is 0.0229. The van der Waals surface area contributed by atoms with Gasteiger partial charge in [-0.05, 0) is 12.1 Å². The fourth-order valence-electron chi connectivity index (χ4n) is 2.37. The first-order chi connectivity index (χ1) is 9.13. The van der Waals surface area contributed by atoms with Gasteiger partial charge < -0.3 is 5.32 Å². The Kier molecular flexibility index (Phi) is 4.70. The zero-order valence-corrected chi connectivity index (χ0v) is 11.1. The third-order valence-corrected chi connectivity index (χ3v) is 3.47. The van der Waals surface area contributed by atoms with Gasteiger partial charge in [-0.25, -0.2) is 8.78 Å². The SMILES string of the molecule is N#CC[C@H](c1c(F)cc(Cl)cc1F)N1CCNCC1. The van der Waals surface area contributed by atoms with E-state index in [0.717, 1.165) is 25.2 Å². The fourth-order valence-corrected chi connectivity index (χ4v) is 2.56. The van der Waals surface area contributed by atoms with Crippen molar-refractivity contribution in [2.75, 3.05) is 26.2 Å². The summed E-state index contributed by atoms with van der Waals surface area (Å²) in [4.78, 5) is 1.93. The van der Waals surface area contributed by atoms with E-state index in [2.05, 4.69) is 5.32 Å². The molecule has 1 aliphatic rings. The molecule has 19 heavy (non-hydrogen) atoms. The second-order valence-electron chi connectivity index (χ2n) is 4.45. The van der Waals surface area contributed by atoms with Crippen molar-refractivity contribution in [3.8, 4) is 6.07 Å². The molecule has 0 radical (unpaired) electrons. The Bertz CT molecular complexity index is 472. The maximum absolute atomic E-state index is 14.0. The molecule has 0 spiro atoms. The average Bonchev–Trinajstić information content (AvgIpc) is 2.37. The summed E-state index contributed by atoms with van der Waals surface area (Å²) in [6, 6.07) is 3.62. The van der Waals surface area contributed by atoms with Crippen LogP contribution in [0.25, 0.3) is 0 Å². The molecule has 3 nitrogen and oxygen atoms in total. The van der Waals surface area contributed by atoms with Crippen LogP contribution in [0, 0.1) is 23.0 Å². The van der Waals surface area contributed by atoms with Gasteiger partial charge in [0.25, 0.3) is 0 Å². The summed E-state index contributed by atoms with van der Waals surface area (Å²) in [5.41, 5.74) is -0.0622. The molecule has 6 heteroatoms. The topological polar surface area (TPSA) is 39.1 Å². The highest BCUT2D eigenvalue weighted by Crippen LogP contribution is 2.30. The van der Waals surface area contributed by atoms with Crippen LogP contribution in [-0.2, 0) is 0 Å². The molecule has 0 unspecified atom stereocenters. The molecule has 0 bridgehead atoms. The van der Waals surface area contributed by atoms with E-state index in [1.165, 1.54) is 0 Å². The molecule has 0 amide bonds. The zero-order valence-electron chi connectivity index (χ0n) is 10.3. The van der Waals surface area contributed by atoms with Gasteiger partial charge in [0.2, 0.25) is 0 Å². The molecule has 2 rings (SSSR count). The molecule has 0 aliphatic carbocycles. The molecule has 1 aromatic carbocycles. The van der Waals surface area contributed by atoms with Crippen molar-refractivity contribution >= 4 is 11.6 Å². The van der Waals surface area contributed by atoms with Crippen LogP contribution in [0.15, 0.2) is 12.1 Å². The summed E-state index contributed by atoms with van der Waals surface area (Å²) in [6.45, 7) is 2.82. The van der Waals surface area contributed by atoms with E-state index in [9.17, 15) is 8.78 Å². The minimum atomic E-state index is -0.691. The smallest absolute Gasteiger partial charge is 0.132 e. The van der Waals surface area contributed by atoms with E-state index in [1.54, 1.807) is 0 Å². The van der Waals surface area contributed by atoms with Crippen molar-refractivity contribution in [1.82, 2.24) is 10.2 Å². The van der Waals surface area contributed by atoms with Crippen LogP contribution in [0.2, 0.25) is 5.02 Å². The Morgan fingerprint density at radius 1 is 1.32 bits per heavy atom. The van der Waals surface area contributed by atoms with Gasteiger partial charge in [0.05, 0.1) is 18.5 Å². The average molecular weight is 286 g/mol. The van der Waals surface area contributed by atoms with E-state index in [-0.39, 0.29) is 17.0 Å². The Hall–Kier alpha value is -1.22. The number of nitrogens with one attached hydrogen (secondary N) is 1. The molecule has 1 atom stereocenters. The van der Waals surface area contributed by atoms with Crippen LogP contribution in [-0.4, -0.2) is 31.1 Å². The largest absolute Gasteiger partial charge is 0.314 e. The number of hydrogen-bond donors (Lipinski definition) is 1. The van der Waals surface area contributed by atoms with Crippen molar-refractivity contribution in [2.24, 2.45) is 0 Å². The fraction of sp³-hybridized carbons (Fsp3) is 0.462. The number of nitrogens with zero attached hydrogens (tertiary/aromatic N) is 2. The first-order valence-corrected chi connectivity index (χ1v) is 6.47. The first-order valence-electron chi connectivity index (χ1n) is 6.09. The summed E-state index contributed by atoms with van der Waals surface area (Å²) in [7, 11) is 0. The van der Waals surface area contributed by atoms with Gasteiger partial charge in [-0.3, -0.25) is 4.90 Å². The second-order valence-corrected chi connectivity index (χ2v) is 4.88. The molecule has 1 saturated heterocycles. The van der Waals surface area contributed by atoms with Crippen LogP contribution in [0.5, 0.6) is 0 Å². The lowest BCUT2D eigenvalue weighted by atomic mass is 10.0. The number of hydrogen-bond acceptors (Lipinski definition) is 3. The summed E-state index contributed by atoms with van der Waals surface area (Å²) in [6.07, 6.45) is 0.0511. The molecular weight excluding hydrogens is 272 g/mol. The van der Waals surface area contributed by atoms with Crippen LogP contribution < -0.4 is 5.32 Å². The predicted octanol–water partition coefficient (Wildman–Crippen LogP) is 2.48. The monoisotopic (exact) mass is 285 g/mol. The van der Waals surface area contributed by atoms with Crippen molar-refractivity contribution in [2.45, 2.75) is 12.5 Å². The maximum atomic E-state index is 14.0. The Balaban J connectivity index is 2.36. The maximum Gasteiger partial charge on any atom is 0.132 e.